The molecule has 0 fully saturated rings. The molecule has 0 bridgehead atoms. The van der Waals surface area contributed by atoms with Crippen LogP contribution < -0.4 is 15.2 Å². The van der Waals surface area contributed by atoms with E-state index in [0.717, 1.165) is 22.2 Å². The quantitative estimate of drug-likeness (QED) is 0.904. The Morgan fingerprint density at radius 3 is 2.60 bits per heavy atom. The van der Waals surface area contributed by atoms with Crippen LogP contribution in [0.5, 0.6) is 11.5 Å². The van der Waals surface area contributed by atoms with Gasteiger partial charge in [-0.25, -0.2) is 4.98 Å². The molecule has 1 aromatic heterocycles. The van der Waals surface area contributed by atoms with Crippen molar-refractivity contribution < 1.29 is 14.3 Å². The third-order valence-corrected chi connectivity index (χ3v) is 3.16. The summed E-state index contributed by atoms with van der Waals surface area (Å²) in [7, 11) is 3.20. The average Bonchev–Trinajstić information content (AvgIpc) is 2.43. The van der Waals surface area contributed by atoms with E-state index >= 15 is 0 Å². The summed E-state index contributed by atoms with van der Waals surface area (Å²) in [6.45, 7) is 1.91. The highest BCUT2D eigenvalue weighted by Gasteiger charge is 2.12. The van der Waals surface area contributed by atoms with Gasteiger partial charge >= 0.3 is 0 Å². The van der Waals surface area contributed by atoms with Crippen molar-refractivity contribution in [3.8, 4) is 11.5 Å². The number of hydrogen-bond donors (Lipinski definition) is 1. The van der Waals surface area contributed by atoms with E-state index in [1.165, 1.54) is 0 Å². The van der Waals surface area contributed by atoms with E-state index in [1.807, 2.05) is 19.1 Å². The van der Waals surface area contributed by atoms with Gasteiger partial charge in [-0.3, -0.25) is 4.79 Å². The number of nitrogens with two attached hydrogens (primary N) is 1. The predicted molar refractivity (Wildman–Crippen MR) is 77.1 cm³/mol. The Labute approximate surface area is 117 Å². The summed E-state index contributed by atoms with van der Waals surface area (Å²) < 4.78 is 10.6. The fraction of sp³-hybridized carbons (Fsp3) is 0.333. The zero-order valence-corrected chi connectivity index (χ0v) is 11.9. The normalized spacial score (nSPS) is 10.6. The van der Waals surface area contributed by atoms with Crippen LogP contribution in [0.2, 0.25) is 0 Å². The molecule has 2 N–H and O–H groups in total. The number of nitrogens with zero attached hydrogens (tertiary/aromatic N) is 1. The maximum Gasteiger partial charge on any atom is 0.217 e. The topological polar surface area (TPSA) is 74.4 Å². The second-order valence-electron chi connectivity index (χ2n) is 4.61. The van der Waals surface area contributed by atoms with E-state index in [1.54, 1.807) is 20.3 Å². The van der Waals surface area contributed by atoms with Gasteiger partial charge < -0.3 is 15.2 Å². The molecule has 0 saturated carbocycles. The van der Waals surface area contributed by atoms with E-state index in [9.17, 15) is 4.79 Å². The van der Waals surface area contributed by atoms with Crippen molar-refractivity contribution in [2.45, 2.75) is 19.8 Å². The monoisotopic (exact) mass is 274 g/mol. The Morgan fingerprint density at radius 1 is 1.25 bits per heavy atom. The number of primary amides is 1. The molecule has 0 aliphatic rings. The summed E-state index contributed by atoms with van der Waals surface area (Å²) in [6.07, 6.45) is 0.879. The number of methoxy groups -OCH3 is 2. The lowest BCUT2D eigenvalue weighted by molar-refractivity contribution is -0.117. The smallest absolute Gasteiger partial charge is 0.217 e. The molecule has 1 heterocycles. The molecular formula is C15H18N2O3. The van der Waals surface area contributed by atoms with Crippen LogP contribution >= 0.6 is 0 Å². The first-order valence-electron chi connectivity index (χ1n) is 6.35. The number of carbonyl (C=O) groups is 1. The molecule has 5 nitrogen and oxygen atoms in total. The maximum atomic E-state index is 11.0. The SMILES string of the molecule is COc1cc(OC)c2nc(C)cc(CCC(N)=O)c2c1. The van der Waals surface area contributed by atoms with E-state index in [-0.39, 0.29) is 5.91 Å². The van der Waals surface area contributed by atoms with Gasteiger partial charge in [0.25, 0.3) is 0 Å². The van der Waals surface area contributed by atoms with Crippen LogP contribution in [-0.4, -0.2) is 25.1 Å². The van der Waals surface area contributed by atoms with Gasteiger partial charge in [0.1, 0.15) is 17.0 Å². The highest BCUT2D eigenvalue weighted by atomic mass is 16.5. The van der Waals surface area contributed by atoms with Gasteiger partial charge in [0.15, 0.2) is 0 Å². The van der Waals surface area contributed by atoms with Crippen LogP contribution in [0.4, 0.5) is 0 Å². The third kappa shape index (κ3) is 2.82. The summed E-state index contributed by atoms with van der Waals surface area (Å²) in [5.74, 6) is 1.03. The number of aryl methyl sites for hydroxylation is 2. The fourth-order valence-electron chi connectivity index (χ4n) is 2.22. The number of carbonyl (C=O) groups excluding carboxylic acids is 1. The molecule has 1 aromatic carbocycles. The molecule has 20 heavy (non-hydrogen) atoms. The van der Waals surface area contributed by atoms with Crippen molar-refractivity contribution in [2.75, 3.05) is 14.2 Å². The second kappa shape index (κ2) is 5.77. The van der Waals surface area contributed by atoms with Crippen molar-refractivity contribution in [1.82, 2.24) is 4.98 Å². The second-order valence-corrected chi connectivity index (χ2v) is 4.61. The molecule has 0 aliphatic carbocycles. The van der Waals surface area contributed by atoms with Crippen molar-refractivity contribution in [2.24, 2.45) is 5.73 Å². The lowest BCUT2D eigenvalue weighted by atomic mass is 10.0. The molecular weight excluding hydrogens is 256 g/mol. The van der Waals surface area contributed by atoms with E-state index in [0.29, 0.717) is 24.3 Å². The van der Waals surface area contributed by atoms with Crippen LogP contribution in [0.3, 0.4) is 0 Å². The highest BCUT2D eigenvalue weighted by Crippen LogP contribution is 2.32. The van der Waals surface area contributed by atoms with E-state index < -0.39 is 0 Å². The van der Waals surface area contributed by atoms with Crippen molar-refractivity contribution in [3.63, 3.8) is 0 Å². The van der Waals surface area contributed by atoms with E-state index in [2.05, 4.69) is 4.98 Å². The van der Waals surface area contributed by atoms with Crippen LogP contribution in [-0.2, 0) is 11.2 Å². The Hall–Kier alpha value is -2.30. The first-order valence-corrected chi connectivity index (χ1v) is 6.35. The lowest BCUT2D eigenvalue weighted by Gasteiger charge is -2.12. The number of ether oxygens (including phenoxy) is 2. The number of hydrogen-bond acceptors (Lipinski definition) is 4. The minimum Gasteiger partial charge on any atom is -0.497 e. The van der Waals surface area contributed by atoms with Gasteiger partial charge in [0.05, 0.1) is 14.2 Å². The van der Waals surface area contributed by atoms with Crippen molar-refractivity contribution >= 4 is 16.8 Å². The molecule has 0 spiro atoms. The molecule has 0 unspecified atom stereocenters. The van der Waals surface area contributed by atoms with Crippen LogP contribution in [0.25, 0.3) is 10.9 Å². The summed E-state index contributed by atoms with van der Waals surface area (Å²) in [5, 5.41) is 0.924. The van der Waals surface area contributed by atoms with Gasteiger partial charge in [-0.15, -0.1) is 0 Å². The highest BCUT2D eigenvalue weighted by molar-refractivity contribution is 5.89. The standard InChI is InChI=1S/C15H18N2O3/c1-9-6-10(4-5-14(16)18)12-7-11(19-2)8-13(20-3)15(12)17-9/h6-8H,4-5H2,1-3H3,(H2,16,18). The first-order chi connectivity index (χ1) is 9.55. The minimum atomic E-state index is -0.317. The van der Waals surface area contributed by atoms with Gasteiger partial charge in [-0.2, -0.15) is 0 Å². The summed E-state index contributed by atoms with van der Waals surface area (Å²) >= 11 is 0. The Kier molecular flexibility index (Phi) is 4.08. The summed E-state index contributed by atoms with van der Waals surface area (Å²) in [5.41, 5.74) is 7.89. The molecule has 1 amide bonds. The number of rotatable bonds is 5. The largest absolute Gasteiger partial charge is 0.497 e. The zero-order chi connectivity index (χ0) is 14.7. The molecule has 0 saturated heterocycles. The zero-order valence-electron chi connectivity index (χ0n) is 11.9. The Balaban J connectivity index is 2.63. The molecule has 5 heteroatoms. The minimum absolute atomic E-state index is 0.304. The summed E-state index contributed by atoms with van der Waals surface area (Å²) in [6, 6.07) is 5.66. The van der Waals surface area contributed by atoms with Crippen LogP contribution in [0, 0.1) is 6.92 Å². The number of benzene rings is 1. The number of amides is 1. The molecule has 0 aliphatic heterocycles. The molecule has 2 aromatic rings. The third-order valence-electron chi connectivity index (χ3n) is 3.16. The molecule has 0 radical (unpaired) electrons. The van der Waals surface area contributed by atoms with Crippen LogP contribution in [0.15, 0.2) is 18.2 Å². The molecule has 0 atom stereocenters. The van der Waals surface area contributed by atoms with Gasteiger partial charge in [-0.05, 0) is 31.0 Å². The number of pyridine rings is 1. The predicted octanol–water partition coefficient (Wildman–Crippen LogP) is 1.98. The van der Waals surface area contributed by atoms with Crippen molar-refractivity contribution in [1.29, 1.82) is 0 Å². The molecule has 2 rings (SSSR count). The molecule has 106 valence electrons. The first kappa shape index (κ1) is 14.1. The Bertz CT molecular complexity index is 653. The average molecular weight is 274 g/mol. The lowest BCUT2D eigenvalue weighted by Crippen LogP contribution is -2.11. The van der Waals surface area contributed by atoms with Gasteiger partial charge in [-0.1, -0.05) is 0 Å². The van der Waals surface area contributed by atoms with E-state index in [4.69, 9.17) is 15.2 Å². The van der Waals surface area contributed by atoms with Crippen LogP contribution in [0.1, 0.15) is 17.7 Å². The number of aromatic nitrogens is 1. The number of fused-ring (bicyclic) bond motifs is 1. The maximum absolute atomic E-state index is 11.0. The summed E-state index contributed by atoms with van der Waals surface area (Å²) in [4.78, 5) is 15.5. The Morgan fingerprint density at radius 2 is 2.00 bits per heavy atom. The van der Waals surface area contributed by atoms with Crippen molar-refractivity contribution in [3.05, 3.63) is 29.5 Å². The fourth-order valence-corrected chi connectivity index (χ4v) is 2.22. The van der Waals surface area contributed by atoms with Gasteiger partial charge in [0, 0.05) is 23.6 Å². The van der Waals surface area contributed by atoms with Gasteiger partial charge in [0.2, 0.25) is 5.91 Å².